The van der Waals surface area contributed by atoms with Crippen molar-refractivity contribution >= 4 is 11.9 Å². The van der Waals surface area contributed by atoms with Crippen LogP contribution in [0, 0.1) is 5.92 Å². The lowest BCUT2D eigenvalue weighted by atomic mass is 10.0. The number of rotatable bonds is 9. The van der Waals surface area contributed by atoms with Crippen LogP contribution in [0.15, 0.2) is 54.6 Å². The van der Waals surface area contributed by atoms with Crippen LogP contribution in [0.5, 0.6) is 5.75 Å². The van der Waals surface area contributed by atoms with Gasteiger partial charge in [-0.1, -0.05) is 55.5 Å². The summed E-state index contributed by atoms with van der Waals surface area (Å²) in [5.74, 6) is -0.563. The van der Waals surface area contributed by atoms with Crippen molar-refractivity contribution in [3.8, 4) is 5.75 Å². The first-order valence-corrected chi connectivity index (χ1v) is 8.27. The average molecular weight is 341 g/mol. The van der Waals surface area contributed by atoms with Crippen LogP contribution in [0.3, 0.4) is 0 Å². The number of carbonyl (C=O) groups excluding carboxylic acids is 1. The molecule has 2 N–H and O–H groups in total. The van der Waals surface area contributed by atoms with E-state index in [0.29, 0.717) is 12.3 Å². The summed E-state index contributed by atoms with van der Waals surface area (Å²) in [5, 5.41) is 11.4. The van der Waals surface area contributed by atoms with Crippen molar-refractivity contribution in [2.45, 2.75) is 19.8 Å². The molecule has 0 aromatic heterocycles. The van der Waals surface area contributed by atoms with Crippen LogP contribution >= 0.6 is 0 Å². The van der Waals surface area contributed by atoms with E-state index in [0.717, 1.165) is 12.0 Å². The summed E-state index contributed by atoms with van der Waals surface area (Å²) in [6, 6.07) is 17.7. The van der Waals surface area contributed by atoms with Crippen molar-refractivity contribution in [1.82, 2.24) is 5.32 Å². The molecule has 0 spiro atoms. The number of carbonyl (C=O) groups is 2. The number of ether oxygens (including phenoxy) is 1. The number of carboxylic acids is 1. The minimum atomic E-state index is -0.868. The van der Waals surface area contributed by atoms with E-state index in [9.17, 15) is 9.59 Å². The van der Waals surface area contributed by atoms with E-state index >= 15 is 0 Å². The first kappa shape index (κ1) is 18.5. The molecule has 25 heavy (non-hydrogen) atoms. The first-order chi connectivity index (χ1) is 12.0. The van der Waals surface area contributed by atoms with Crippen LogP contribution in [0.4, 0.5) is 0 Å². The van der Waals surface area contributed by atoms with Gasteiger partial charge in [-0.15, -0.1) is 0 Å². The molecule has 0 fully saturated rings. The normalized spacial score (nSPS) is 11.6. The summed E-state index contributed by atoms with van der Waals surface area (Å²) in [5.41, 5.74) is 2.19. The number of aliphatic carboxylic acids is 1. The summed E-state index contributed by atoms with van der Waals surface area (Å²) in [6.07, 6.45) is 0.759. The van der Waals surface area contributed by atoms with Crippen molar-refractivity contribution < 1.29 is 19.4 Å². The van der Waals surface area contributed by atoms with Crippen molar-refractivity contribution in [3.63, 3.8) is 0 Å². The summed E-state index contributed by atoms with van der Waals surface area (Å²) in [4.78, 5) is 22.5. The Hall–Kier alpha value is -2.82. The van der Waals surface area contributed by atoms with Gasteiger partial charge in [0.05, 0.1) is 0 Å². The lowest BCUT2D eigenvalue weighted by Gasteiger charge is -2.13. The predicted octanol–water partition coefficient (Wildman–Crippen LogP) is 2.88. The maximum absolute atomic E-state index is 11.9. The quantitative estimate of drug-likeness (QED) is 0.735. The predicted molar refractivity (Wildman–Crippen MR) is 95.6 cm³/mol. The molecule has 0 saturated heterocycles. The van der Waals surface area contributed by atoms with Crippen LogP contribution in [-0.2, 0) is 16.0 Å². The molecular weight excluding hydrogens is 318 g/mol. The minimum Gasteiger partial charge on any atom is -0.483 e. The highest BCUT2D eigenvalue weighted by Gasteiger charge is 2.11. The van der Waals surface area contributed by atoms with E-state index < -0.39 is 5.97 Å². The van der Waals surface area contributed by atoms with Gasteiger partial charge in [0, 0.05) is 19.4 Å². The molecule has 1 amide bonds. The molecule has 0 radical (unpaired) electrons. The molecule has 2 rings (SSSR count). The van der Waals surface area contributed by atoms with Crippen LogP contribution in [0.2, 0.25) is 0 Å². The van der Waals surface area contributed by atoms with Gasteiger partial charge in [-0.3, -0.25) is 9.59 Å². The Morgan fingerprint density at radius 2 is 1.76 bits per heavy atom. The Kier molecular flexibility index (Phi) is 7.01. The molecule has 0 saturated carbocycles. The van der Waals surface area contributed by atoms with Crippen molar-refractivity contribution in [3.05, 3.63) is 65.7 Å². The smallest absolute Gasteiger partial charge is 0.303 e. The number of amides is 1. The Morgan fingerprint density at radius 1 is 1.08 bits per heavy atom. The highest BCUT2D eigenvalue weighted by molar-refractivity contribution is 5.77. The number of benzene rings is 2. The largest absolute Gasteiger partial charge is 0.483 e. The maximum atomic E-state index is 11.9. The zero-order valence-corrected chi connectivity index (χ0v) is 14.3. The molecular formula is C20H23NO4. The fraction of sp³-hybridized carbons (Fsp3) is 0.300. The molecule has 5 nitrogen and oxygen atoms in total. The van der Waals surface area contributed by atoms with Crippen molar-refractivity contribution in [2.24, 2.45) is 5.92 Å². The standard InChI is InChI=1S/C20H23NO4/c1-15(11-20(23)24)13-21-19(22)14-25-18-10-6-5-9-17(18)12-16-7-3-2-4-8-16/h2-10,15H,11-14H2,1H3,(H,21,22)(H,23,24). The van der Waals surface area contributed by atoms with Crippen molar-refractivity contribution in [2.75, 3.05) is 13.2 Å². The first-order valence-electron chi connectivity index (χ1n) is 8.27. The summed E-state index contributed by atoms with van der Waals surface area (Å²) in [7, 11) is 0. The highest BCUT2D eigenvalue weighted by atomic mass is 16.5. The van der Waals surface area contributed by atoms with Gasteiger partial charge in [0.2, 0.25) is 0 Å². The van der Waals surface area contributed by atoms with Crippen LogP contribution in [0.1, 0.15) is 24.5 Å². The van der Waals surface area contributed by atoms with Gasteiger partial charge in [-0.2, -0.15) is 0 Å². The lowest BCUT2D eigenvalue weighted by molar-refractivity contribution is -0.138. The second-order valence-electron chi connectivity index (χ2n) is 6.07. The van der Waals surface area contributed by atoms with Crippen LogP contribution in [0.25, 0.3) is 0 Å². The molecule has 5 heteroatoms. The van der Waals surface area contributed by atoms with E-state index in [-0.39, 0.29) is 24.9 Å². The molecule has 0 heterocycles. The molecule has 0 aliphatic heterocycles. The number of hydrogen-bond donors (Lipinski definition) is 2. The number of para-hydroxylation sites is 1. The third-order valence-electron chi connectivity index (χ3n) is 3.74. The molecule has 2 aromatic carbocycles. The Balaban J connectivity index is 1.86. The zero-order valence-electron chi connectivity index (χ0n) is 14.3. The Bertz CT molecular complexity index is 700. The number of carboxylic acid groups (broad SMARTS) is 1. The van der Waals surface area contributed by atoms with E-state index in [2.05, 4.69) is 5.32 Å². The second kappa shape index (κ2) is 9.47. The van der Waals surface area contributed by atoms with Gasteiger partial charge in [-0.25, -0.2) is 0 Å². The molecule has 0 bridgehead atoms. The van der Waals surface area contributed by atoms with Crippen molar-refractivity contribution in [1.29, 1.82) is 0 Å². The lowest BCUT2D eigenvalue weighted by Crippen LogP contribution is -2.33. The van der Waals surface area contributed by atoms with Gasteiger partial charge in [0.1, 0.15) is 5.75 Å². The van der Waals surface area contributed by atoms with Gasteiger partial charge in [0.15, 0.2) is 6.61 Å². The van der Waals surface area contributed by atoms with Crippen LogP contribution in [-0.4, -0.2) is 30.1 Å². The Morgan fingerprint density at radius 3 is 2.48 bits per heavy atom. The zero-order chi connectivity index (χ0) is 18.1. The average Bonchev–Trinajstić information content (AvgIpc) is 2.59. The van der Waals surface area contributed by atoms with E-state index in [1.54, 1.807) is 6.92 Å². The molecule has 1 unspecified atom stereocenters. The van der Waals surface area contributed by atoms with E-state index in [4.69, 9.17) is 9.84 Å². The molecule has 0 aliphatic carbocycles. The van der Waals surface area contributed by atoms with E-state index in [1.165, 1.54) is 5.56 Å². The molecule has 0 aliphatic rings. The maximum Gasteiger partial charge on any atom is 0.303 e. The fourth-order valence-electron chi connectivity index (χ4n) is 2.46. The third-order valence-corrected chi connectivity index (χ3v) is 3.74. The third kappa shape index (κ3) is 6.67. The molecule has 2 aromatic rings. The summed E-state index contributed by atoms with van der Waals surface area (Å²) < 4.78 is 5.66. The number of hydrogen-bond acceptors (Lipinski definition) is 3. The monoisotopic (exact) mass is 341 g/mol. The van der Waals surface area contributed by atoms with Gasteiger partial charge in [-0.05, 0) is 23.1 Å². The SMILES string of the molecule is CC(CNC(=O)COc1ccccc1Cc1ccccc1)CC(=O)O. The van der Waals surface area contributed by atoms with Gasteiger partial charge < -0.3 is 15.2 Å². The molecule has 132 valence electrons. The summed E-state index contributed by atoms with van der Waals surface area (Å²) >= 11 is 0. The van der Waals surface area contributed by atoms with Gasteiger partial charge >= 0.3 is 5.97 Å². The topological polar surface area (TPSA) is 75.6 Å². The fourth-order valence-corrected chi connectivity index (χ4v) is 2.46. The second-order valence-corrected chi connectivity index (χ2v) is 6.07. The minimum absolute atomic E-state index is 0.0288. The van der Waals surface area contributed by atoms with Gasteiger partial charge in [0.25, 0.3) is 5.91 Å². The van der Waals surface area contributed by atoms with Crippen LogP contribution < -0.4 is 10.1 Å². The van der Waals surface area contributed by atoms with E-state index in [1.807, 2.05) is 54.6 Å². The highest BCUT2D eigenvalue weighted by Crippen LogP contribution is 2.21. The molecule has 1 atom stereocenters. The number of nitrogens with one attached hydrogen (secondary N) is 1. The summed E-state index contributed by atoms with van der Waals surface area (Å²) in [6.45, 7) is 2.01. The Labute approximate surface area is 147 Å².